The van der Waals surface area contributed by atoms with Crippen molar-refractivity contribution in [2.75, 3.05) is 6.54 Å². The van der Waals surface area contributed by atoms with Gasteiger partial charge >= 0.3 is 0 Å². The Balaban J connectivity index is 2.03. The summed E-state index contributed by atoms with van der Waals surface area (Å²) in [6, 6.07) is 3.80. The third-order valence-corrected chi connectivity index (χ3v) is 4.45. The van der Waals surface area contributed by atoms with Crippen molar-refractivity contribution in [1.82, 2.24) is 5.32 Å². The second kappa shape index (κ2) is 6.87. The Morgan fingerprint density at radius 2 is 1.76 bits per heavy atom. The summed E-state index contributed by atoms with van der Waals surface area (Å²) in [6.07, 6.45) is 5.41. The molecule has 0 aromatic heterocycles. The highest BCUT2D eigenvalue weighted by molar-refractivity contribution is 5.19. The highest BCUT2D eigenvalue weighted by atomic mass is 19.1. The average molecular weight is 295 g/mol. The van der Waals surface area contributed by atoms with Crippen molar-refractivity contribution < 1.29 is 8.78 Å². The van der Waals surface area contributed by atoms with Crippen LogP contribution in [0.15, 0.2) is 18.2 Å². The minimum absolute atomic E-state index is 0.103. The smallest absolute Gasteiger partial charge is 0.126 e. The Labute approximate surface area is 127 Å². The lowest BCUT2D eigenvalue weighted by Crippen LogP contribution is -2.41. The molecule has 2 unspecified atom stereocenters. The first-order chi connectivity index (χ1) is 9.85. The molecule has 0 heterocycles. The van der Waals surface area contributed by atoms with Crippen LogP contribution in [0.25, 0.3) is 0 Å². The zero-order valence-corrected chi connectivity index (χ0v) is 13.4. The lowest BCUT2D eigenvalue weighted by atomic mass is 9.76. The third-order valence-electron chi connectivity index (χ3n) is 4.45. The van der Waals surface area contributed by atoms with E-state index in [2.05, 4.69) is 26.1 Å². The number of hydrogen-bond donors (Lipinski definition) is 1. The fraction of sp³-hybridized carbons (Fsp3) is 0.667. The van der Waals surface area contributed by atoms with E-state index < -0.39 is 0 Å². The van der Waals surface area contributed by atoms with Crippen LogP contribution in [-0.2, 0) is 6.42 Å². The summed E-state index contributed by atoms with van der Waals surface area (Å²) in [5, 5.41) is 3.57. The lowest BCUT2D eigenvalue weighted by molar-refractivity contribution is 0.212. The SMILES string of the molecule is CC(C)(C)NCC1CCCCC1Cc1cc(F)ccc1F. The van der Waals surface area contributed by atoms with Crippen LogP contribution in [0.3, 0.4) is 0 Å². The minimum Gasteiger partial charge on any atom is -0.312 e. The van der Waals surface area contributed by atoms with Crippen LogP contribution in [0, 0.1) is 23.5 Å². The average Bonchev–Trinajstić information content (AvgIpc) is 2.41. The van der Waals surface area contributed by atoms with Gasteiger partial charge in [-0.05, 0) is 82.2 Å². The number of nitrogens with one attached hydrogen (secondary N) is 1. The second-order valence-electron chi connectivity index (χ2n) is 7.38. The fourth-order valence-electron chi connectivity index (χ4n) is 3.24. The maximum atomic E-state index is 13.8. The van der Waals surface area contributed by atoms with E-state index in [1.54, 1.807) is 0 Å². The highest BCUT2D eigenvalue weighted by Gasteiger charge is 2.27. The van der Waals surface area contributed by atoms with Crippen LogP contribution in [0.4, 0.5) is 8.78 Å². The largest absolute Gasteiger partial charge is 0.312 e. The summed E-state index contributed by atoms with van der Waals surface area (Å²) in [5.41, 5.74) is 0.634. The van der Waals surface area contributed by atoms with Gasteiger partial charge in [0.2, 0.25) is 0 Å². The fourth-order valence-corrected chi connectivity index (χ4v) is 3.24. The first-order valence-corrected chi connectivity index (χ1v) is 8.04. The molecule has 0 saturated heterocycles. The molecule has 1 nitrogen and oxygen atoms in total. The van der Waals surface area contributed by atoms with E-state index in [4.69, 9.17) is 0 Å². The number of halogens is 2. The Morgan fingerprint density at radius 3 is 2.43 bits per heavy atom. The highest BCUT2D eigenvalue weighted by Crippen LogP contribution is 2.33. The van der Waals surface area contributed by atoms with Gasteiger partial charge in [0.25, 0.3) is 0 Å². The van der Waals surface area contributed by atoms with E-state index in [9.17, 15) is 8.78 Å². The van der Waals surface area contributed by atoms with Crippen molar-refractivity contribution in [3.05, 3.63) is 35.4 Å². The molecular formula is C18H27F2N. The number of rotatable bonds is 4. The molecule has 0 amide bonds. The molecule has 1 aromatic carbocycles. The number of hydrogen-bond acceptors (Lipinski definition) is 1. The molecule has 0 radical (unpaired) electrons. The molecule has 1 aromatic rings. The molecule has 21 heavy (non-hydrogen) atoms. The molecule has 0 spiro atoms. The zero-order valence-electron chi connectivity index (χ0n) is 13.4. The predicted octanol–water partition coefficient (Wildman–Crippen LogP) is 4.70. The van der Waals surface area contributed by atoms with Gasteiger partial charge in [-0.1, -0.05) is 12.8 Å². The van der Waals surface area contributed by atoms with Crippen molar-refractivity contribution in [3.8, 4) is 0 Å². The Bertz CT molecular complexity index is 465. The maximum Gasteiger partial charge on any atom is 0.126 e. The molecule has 1 fully saturated rings. The number of benzene rings is 1. The van der Waals surface area contributed by atoms with Gasteiger partial charge in [-0.2, -0.15) is 0 Å². The normalized spacial score (nSPS) is 23.3. The van der Waals surface area contributed by atoms with E-state index >= 15 is 0 Å². The van der Waals surface area contributed by atoms with Crippen LogP contribution < -0.4 is 5.32 Å². The maximum absolute atomic E-state index is 13.8. The van der Waals surface area contributed by atoms with E-state index in [-0.39, 0.29) is 17.2 Å². The summed E-state index contributed by atoms with van der Waals surface area (Å²) in [5.74, 6) is 0.390. The molecule has 1 N–H and O–H groups in total. The monoisotopic (exact) mass is 295 g/mol. The zero-order chi connectivity index (χ0) is 15.5. The van der Waals surface area contributed by atoms with Crippen LogP contribution in [-0.4, -0.2) is 12.1 Å². The molecule has 2 atom stereocenters. The first kappa shape index (κ1) is 16.4. The molecular weight excluding hydrogens is 268 g/mol. The summed E-state index contributed by atoms with van der Waals surface area (Å²) in [4.78, 5) is 0. The standard InChI is InChI=1S/C18H27F2N/c1-18(2,3)21-12-14-7-5-4-6-13(14)10-15-11-16(19)8-9-17(15)20/h8-9,11,13-14,21H,4-7,10,12H2,1-3H3. The lowest BCUT2D eigenvalue weighted by Gasteiger charge is -2.34. The van der Waals surface area contributed by atoms with Gasteiger partial charge in [-0.25, -0.2) is 8.78 Å². The van der Waals surface area contributed by atoms with Gasteiger partial charge in [0.1, 0.15) is 11.6 Å². The van der Waals surface area contributed by atoms with Crippen molar-refractivity contribution in [2.45, 2.75) is 58.4 Å². The molecule has 1 aliphatic rings. The quantitative estimate of drug-likeness (QED) is 0.849. The summed E-state index contributed by atoms with van der Waals surface area (Å²) >= 11 is 0. The van der Waals surface area contributed by atoms with Crippen LogP contribution >= 0.6 is 0 Å². The van der Waals surface area contributed by atoms with Crippen molar-refractivity contribution in [1.29, 1.82) is 0 Å². The van der Waals surface area contributed by atoms with Gasteiger partial charge in [-0.15, -0.1) is 0 Å². The minimum atomic E-state index is -0.341. The van der Waals surface area contributed by atoms with E-state index in [0.29, 0.717) is 23.8 Å². The van der Waals surface area contributed by atoms with Crippen molar-refractivity contribution in [2.24, 2.45) is 11.8 Å². The van der Waals surface area contributed by atoms with Gasteiger partial charge in [0.05, 0.1) is 0 Å². The Hall–Kier alpha value is -0.960. The first-order valence-electron chi connectivity index (χ1n) is 8.04. The molecule has 3 heteroatoms. The molecule has 0 bridgehead atoms. The molecule has 1 saturated carbocycles. The van der Waals surface area contributed by atoms with Crippen LogP contribution in [0.1, 0.15) is 52.0 Å². The molecule has 0 aliphatic heterocycles. The van der Waals surface area contributed by atoms with E-state index in [1.165, 1.54) is 37.5 Å². The third kappa shape index (κ3) is 5.06. The van der Waals surface area contributed by atoms with Gasteiger partial charge in [0.15, 0.2) is 0 Å². The van der Waals surface area contributed by atoms with Gasteiger partial charge < -0.3 is 5.32 Å². The summed E-state index contributed by atoms with van der Waals surface area (Å²) < 4.78 is 27.2. The van der Waals surface area contributed by atoms with Crippen molar-refractivity contribution >= 4 is 0 Å². The van der Waals surface area contributed by atoms with Gasteiger partial charge in [-0.3, -0.25) is 0 Å². The van der Waals surface area contributed by atoms with Crippen LogP contribution in [0.5, 0.6) is 0 Å². The van der Waals surface area contributed by atoms with E-state index in [1.807, 2.05) is 0 Å². The topological polar surface area (TPSA) is 12.0 Å². The van der Waals surface area contributed by atoms with Crippen molar-refractivity contribution in [3.63, 3.8) is 0 Å². The summed E-state index contributed by atoms with van der Waals surface area (Å²) in [7, 11) is 0. The molecule has 118 valence electrons. The Kier molecular flexibility index (Phi) is 5.37. The molecule has 2 rings (SSSR count). The molecule has 1 aliphatic carbocycles. The Morgan fingerprint density at radius 1 is 1.10 bits per heavy atom. The van der Waals surface area contributed by atoms with Crippen LogP contribution in [0.2, 0.25) is 0 Å². The second-order valence-corrected chi connectivity index (χ2v) is 7.38. The van der Waals surface area contributed by atoms with E-state index in [0.717, 1.165) is 13.0 Å². The summed E-state index contributed by atoms with van der Waals surface area (Å²) in [6.45, 7) is 7.45. The van der Waals surface area contributed by atoms with Gasteiger partial charge in [0, 0.05) is 5.54 Å². The predicted molar refractivity (Wildman–Crippen MR) is 83.3 cm³/mol.